The Balaban J connectivity index is 2.96. The summed E-state index contributed by atoms with van der Waals surface area (Å²) in [5.74, 6) is -0.849. The molecule has 0 bridgehead atoms. The van der Waals surface area contributed by atoms with Crippen LogP contribution in [-0.2, 0) is 11.2 Å². The van der Waals surface area contributed by atoms with Gasteiger partial charge in [0.05, 0.1) is 6.42 Å². The number of carboxylic acids is 1. The van der Waals surface area contributed by atoms with Crippen molar-refractivity contribution in [1.29, 1.82) is 0 Å². The molecule has 0 aliphatic heterocycles. The number of hydrogen-bond donors (Lipinski definition) is 2. The molecule has 3 heteroatoms. The minimum absolute atomic E-state index is 0.0224. The second kappa shape index (κ2) is 4.88. The lowest BCUT2D eigenvalue weighted by molar-refractivity contribution is -0.139. The second-order valence-electron chi connectivity index (χ2n) is 5.64. The maximum atomic E-state index is 11.0. The van der Waals surface area contributed by atoms with Crippen LogP contribution in [0.3, 0.4) is 0 Å². The SMILES string of the molecule is CC(C)(C)C(N)(CC(=O)O)Cc1ccccc1. The summed E-state index contributed by atoms with van der Waals surface area (Å²) in [6, 6.07) is 9.79. The van der Waals surface area contributed by atoms with E-state index in [0.29, 0.717) is 6.42 Å². The van der Waals surface area contributed by atoms with Crippen LogP contribution in [0.1, 0.15) is 32.8 Å². The first-order chi connectivity index (χ1) is 7.74. The van der Waals surface area contributed by atoms with Crippen LogP contribution in [0.25, 0.3) is 0 Å². The Morgan fingerprint density at radius 3 is 2.18 bits per heavy atom. The Morgan fingerprint density at radius 1 is 1.24 bits per heavy atom. The summed E-state index contributed by atoms with van der Waals surface area (Å²) >= 11 is 0. The summed E-state index contributed by atoms with van der Waals surface area (Å²) in [6.07, 6.45) is 0.551. The van der Waals surface area contributed by atoms with E-state index in [2.05, 4.69) is 0 Å². The van der Waals surface area contributed by atoms with E-state index in [4.69, 9.17) is 10.8 Å². The lowest BCUT2D eigenvalue weighted by Gasteiger charge is -2.41. The minimum Gasteiger partial charge on any atom is -0.481 e. The smallest absolute Gasteiger partial charge is 0.305 e. The van der Waals surface area contributed by atoms with Gasteiger partial charge in [0.25, 0.3) is 0 Å². The van der Waals surface area contributed by atoms with Crippen LogP contribution in [0.5, 0.6) is 0 Å². The van der Waals surface area contributed by atoms with Crippen LogP contribution in [0.15, 0.2) is 30.3 Å². The van der Waals surface area contributed by atoms with Crippen LogP contribution in [-0.4, -0.2) is 16.6 Å². The first-order valence-electron chi connectivity index (χ1n) is 5.79. The van der Waals surface area contributed by atoms with E-state index in [9.17, 15) is 4.79 Å². The molecular weight excluding hydrogens is 214 g/mol. The highest BCUT2D eigenvalue weighted by Crippen LogP contribution is 2.34. The average molecular weight is 235 g/mol. The summed E-state index contributed by atoms with van der Waals surface area (Å²) in [4.78, 5) is 11.0. The van der Waals surface area contributed by atoms with Crippen molar-refractivity contribution in [2.45, 2.75) is 39.2 Å². The minimum atomic E-state index is -0.849. The normalized spacial score (nSPS) is 15.3. The monoisotopic (exact) mass is 235 g/mol. The van der Waals surface area contributed by atoms with Gasteiger partial charge in [0.15, 0.2) is 0 Å². The Hall–Kier alpha value is -1.35. The first-order valence-corrected chi connectivity index (χ1v) is 5.79. The van der Waals surface area contributed by atoms with Gasteiger partial charge in [-0.25, -0.2) is 0 Å². The van der Waals surface area contributed by atoms with Gasteiger partial charge in [-0.1, -0.05) is 51.1 Å². The fourth-order valence-electron chi connectivity index (χ4n) is 1.82. The zero-order chi connectivity index (χ0) is 13.1. The van der Waals surface area contributed by atoms with Gasteiger partial charge in [-0.2, -0.15) is 0 Å². The van der Waals surface area contributed by atoms with Gasteiger partial charge in [0, 0.05) is 5.54 Å². The average Bonchev–Trinajstić information content (AvgIpc) is 2.15. The topological polar surface area (TPSA) is 63.3 Å². The molecule has 1 rings (SSSR count). The van der Waals surface area contributed by atoms with Crippen molar-refractivity contribution < 1.29 is 9.90 Å². The third-order valence-electron chi connectivity index (χ3n) is 3.32. The third kappa shape index (κ3) is 3.56. The summed E-state index contributed by atoms with van der Waals surface area (Å²) in [6.45, 7) is 5.96. The number of nitrogens with two attached hydrogens (primary N) is 1. The number of rotatable bonds is 4. The molecule has 3 N–H and O–H groups in total. The highest BCUT2D eigenvalue weighted by Gasteiger charge is 2.40. The van der Waals surface area contributed by atoms with E-state index < -0.39 is 11.5 Å². The highest BCUT2D eigenvalue weighted by molar-refractivity contribution is 5.68. The van der Waals surface area contributed by atoms with E-state index in [1.807, 2.05) is 51.1 Å². The van der Waals surface area contributed by atoms with Crippen molar-refractivity contribution in [2.75, 3.05) is 0 Å². The van der Waals surface area contributed by atoms with Crippen molar-refractivity contribution in [1.82, 2.24) is 0 Å². The summed E-state index contributed by atoms with van der Waals surface area (Å²) in [7, 11) is 0. The fraction of sp³-hybridized carbons (Fsp3) is 0.500. The molecule has 0 aliphatic carbocycles. The van der Waals surface area contributed by atoms with Crippen LogP contribution in [0.2, 0.25) is 0 Å². The fourth-order valence-corrected chi connectivity index (χ4v) is 1.82. The maximum absolute atomic E-state index is 11.0. The molecule has 0 saturated heterocycles. The van der Waals surface area contributed by atoms with Gasteiger partial charge in [-0.3, -0.25) is 4.79 Å². The molecular formula is C14H21NO2. The molecule has 0 fully saturated rings. The van der Waals surface area contributed by atoms with Crippen LogP contribution in [0.4, 0.5) is 0 Å². The molecule has 0 amide bonds. The molecule has 0 aromatic heterocycles. The third-order valence-corrected chi connectivity index (χ3v) is 3.32. The molecule has 0 aliphatic rings. The first kappa shape index (κ1) is 13.7. The predicted molar refractivity (Wildman–Crippen MR) is 68.8 cm³/mol. The maximum Gasteiger partial charge on any atom is 0.305 e. The Morgan fingerprint density at radius 2 is 1.76 bits per heavy atom. The van der Waals surface area contributed by atoms with E-state index in [0.717, 1.165) is 5.56 Å². The Kier molecular flexibility index (Phi) is 3.94. The van der Waals surface area contributed by atoms with Gasteiger partial charge >= 0.3 is 5.97 Å². The second-order valence-corrected chi connectivity index (χ2v) is 5.64. The van der Waals surface area contributed by atoms with Crippen molar-refractivity contribution in [2.24, 2.45) is 11.1 Å². The van der Waals surface area contributed by atoms with Gasteiger partial charge in [0.2, 0.25) is 0 Å². The van der Waals surface area contributed by atoms with Crippen molar-refractivity contribution in [3.8, 4) is 0 Å². The quantitative estimate of drug-likeness (QED) is 0.842. The molecule has 3 nitrogen and oxygen atoms in total. The van der Waals surface area contributed by atoms with Gasteiger partial charge < -0.3 is 10.8 Å². The molecule has 1 unspecified atom stereocenters. The summed E-state index contributed by atoms with van der Waals surface area (Å²) in [5, 5.41) is 9.01. The zero-order valence-electron chi connectivity index (χ0n) is 10.7. The van der Waals surface area contributed by atoms with Crippen LogP contribution >= 0.6 is 0 Å². The zero-order valence-corrected chi connectivity index (χ0v) is 10.7. The number of carbonyl (C=O) groups is 1. The lowest BCUT2D eigenvalue weighted by atomic mass is 9.69. The molecule has 1 aromatic rings. The van der Waals surface area contributed by atoms with Crippen molar-refractivity contribution in [3.05, 3.63) is 35.9 Å². The van der Waals surface area contributed by atoms with Crippen LogP contribution < -0.4 is 5.73 Å². The number of carboxylic acid groups (broad SMARTS) is 1. The number of benzene rings is 1. The van der Waals surface area contributed by atoms with Gasteiger partial charge in [0.1, 0.15) is 0 Å². The molecule has 0 radical (unpaired) electrons. The molecule has 1 aromatic carbocycles. The van der Waals surface area contributed by atoms with Gasteiger partial charge in [-0.15, -0.1) is 0 Å². The van der Waals surface area contributed by atoms with E-state index in [1.165, 1.54) is 0 Å². The lowest BCUT2D eigenvalue weighted by Crippen LogP contribution is -2.54. The number of hydrogen-bond acceptors (Lipinski definition) is 2. The summed E-state index contributed by atoms with van der Waals surface area (Å²) in [5.41, 5.74) is 6.40. The standard InChI is InChI=1S/C14H21NO2/c1-13(2,3)14(15,10-12(16)17)9-11-7-5-4-6-8-11/h4-8H,9-10,15H2,1-3H3,(H,16,17). The predicted octanol–water partition coefficient (Wildman–Crippen LogP) is 2.45. The van der Waals surface area contributed by atoms with Crippen molar-refractivity contribution in [3.63, 3.8) is 0 Å². The molecule has 0 heterocycles. The van der Waals surface area contributed by atoms with E-state index in [1.54, 1.807) is 0 Å². The van der Waals surface area contributed by atoms with Crippen LogP contribution in [0, 0.1) is 5.41 Å². The molecule has 0 spiro atoms. The number of aliphatic carboxylic acids is 1. The van der Waals surface area contributed by atoms with Gasteiger partial charge in [-0.05, 0) is 17.4 Å². The molecule has 0 saturated carbocycles. The van der Waals surface area contributed by atoms with E-state index >= 15 is 0 Å². The Bertz CT molecular complexity index is 381. The highest BCUT2D eigenvalue weighted by atomic mass is 16.4. The van der Waals surface area contributed by atoms with E-state index in [-0.39, 0.29) is 11.8 Å². The summed E-state index contributed by atoms with van der Waals surface area (Å²) < 4.78 is 0. The molecule has 17 heavy (non-hydrogen) atoms. The molecule has 1 atom stereocenters. The molecule has 94 valence electrons. The van der Waals surface area contributed by atoms with Crippen molar-refractivity contribution >= 4 is 5.97 Å². The largest absolute Gasteiger partial charge is 0.481 e. The Labute approximate surface area is 103 Å².